The Balaban J connectivity index is 3.10. The smallest absolute Gasteiger partial charge is 0.0772 e. The fourth-order valence-corrected chi connectivity index (χ4v) is 1.91. The van der Waals surface area contributed by atoms with Crippen LogP contribution in [-0.4, -0.2) is 11.4 Å². The van der Waals surface area contributed by atoms with Gasteiger partial charge in [0.2, 0.25) is 0 Å². The number of benzene rings is 1. The van der Waals surface area contributed by atoms with E-state index < -0.39 is 6.10 Å². The molecular formula is C10H15NOS. The highest BCUT2D eigenvalue weighted by Gasteiger charge is 2.07. The van der Waals surface area contributed by atoms with E-state index in [0.717, 1.165) is 16.0 Å². The van der Waals surface area contributed by atoms with Crippen LogP contribution in [0.1, 0.15) is 24.2 Å². The lowest BCUT2D eigenvalue weighted by molar-refractivity contribution is 0.196. The van der Waals surface area contributed by atoms with Gasteiger partial charge in [-0.05, 0) is 30.4 Å². The first kappa shape index (κ1) is 10.6. The van der Waals surface area contributed by atoms with Crippen molar-refractivity contribution in [3.63, 3.8) is 0 Å². The Labute approximate surface area is 83.1 Å². The van der Waals surface area contributed by atoms with Gasteiger partial charge in [-0.15, -0.1) is 11.8 Å². The van der Waals surface area contributed by atoms with Crippen LogP contribution in [0.3, 0.4) is 0 Å². The molecule has 0 amide bonds. The Bertz CT molecular complexity index is 286. The molecule has 0 bridgehead atoms. The molecule has 1 unspecified atom stereocenters. The Kier molecular flexibility index (Phi) is 3.78. The number of nitrogens with two attached hydrogens (primary N) is 1. The van der Waals surface area contributed by atoms with Crippen molar-refractivity contribution in [2.45, 2.75) is 24.5 Å². The highest BCUT2D eigenvalue weighted by atomic mass is 32.2. The van der Waals surface area contributed by atoms with E-state index in [1.54, 1.807) is 18.7 Å². The van der Waals surface area contributed by atoms with Crippen LogP contribution < -0.4 is 5.73 Å². The van der Waals surface area contributed by atoms with E-state index in [1.165, 1.54) is 0 Å². The summed E-state index contributed by atoms with van der Waals surface area (Å²) in [5.74, 6) is 0. The lowest BCUT2D eigenvalue weighted by Gasteiger charge is -2.11. The molecule has 0 aliphatic heterocycles. The summed E-state index contributed by atoms with van der Waals surface area (Å²) in [4.78, 5) is 1.12. The summed E-state index contributed by atoms with van der Waals surface area (Å²) in [6, 6.07) is 5.98. The van der Waals surface area contributed by atoms with Gasteiger partial charge >= 0.3 is 0 Å². The first-order chi connectivity index (χ1) is 6.19. The molecule has 1 atom stereocenters. The second kappa shape index (κ2) is 4.65. The quantitative estimate of drug-likeness (QED) is 0.728. The predicted octanol–water partition coefficient (Wildman–Crippen LogP) is 1.92. The molecule has 72 valence electrons. The maximum Gasteiger partial charge on any atom is 0.0772 e. The average Bonchev–Trinajstić information content (AvgIpc) is 2.16. The molecule has 0 saturated carbocycles. The fraction of sp³-hybridized carbons (Fsp3) is 0.400. The van der Waals surface area contributed by atoms with Crippen molar-refractivity contribution in [1.29, 1.82) is 0 Å². The zero-order valence-corrected chi connectivity index (χ0v) is 8.77. The van der Waals surface area contributed by atoms with Crippen molar-refractivity contribution in [3.8, 4) is 0 Å². The van der Waals surface area contributed by atoms with Crippen molar-refractivity contribution in [3.05, 3.63) is 29.3 Å². The number of rotatable bonds is 3. The van der Waals surface area contributed by atoms with Crippen molar-refractivity contribution in [2.75, 3.05) is 6.26 Å². The van der Waals surface area contributed by atoms with E-state index in [4.69, 9.17) is 5.73 Å². The van der Waals surface area contributed by atoms with Crippen LogP contribution in [0.15, 0.2) is 23.1 Å². The minimum atomic E-state index is -0.422. The maximum absolute atomic E-state index is 9.50. The first-order valence-electron chi connectivity index (χ1n) is 4.24. The van der Waals surface area contributed by atoms with Gasteiger partial charge in [-0.2, -0.15) is 0 Å². The van der Waals surface area contributed by atoms with Gasteiger partial charge in [0.1, 0.15) is 0 Å². The molecule has 1 aromatic rings. The summed E-state index contributed by atoms with van der Waals surface area (Å²) in [5.41, 5.74) is 7.55. The lowest BCUT2D eigenvalue weighted by atomic mass is 10.1. The minimum absolute atomic E-state index is 0.422. The summed E-state index contributed by atoms with van der Waals surface area (Å²) in [6.07, 6.45) is 1.58. The van der Waals surface area contributed by atoms with E-state index in [0.29, 0.717) is 6.54 Å². The van der Waals surface area contributed by atoms with E-state index in [9.17, 15) is 5.11 Å². The molecule has 1 aromatic carbocycles. The van der Waals surface area contributed by atoms with E-state index >= 15 is 0 Å². The molecule has 0 saturated heterocycles. The SMILES string of the molecule is CSc1ccc(CN)cc1C(C)O. The molecular weight excluding hydrogens is 182 g/mol. The van der Waals surface area contributed by atoms with Crippen LogP contribution in [0.2, 0.25) is 0 Å². The Morgan fingerprint density at radius 1 is 1.54 bits per heavy atom. The van der Waals surface area contributed by atoms with Gasteiger partial charge < -0.3 is 10.8 Å². The van der Waals surface area contributed by atoms with E-state index in [-0.39, 0.29) is 0 Å². The molecule has 3 heteroatoms. The zero-order chi connectivity index (χ0) is 9.84. The topological polar surface area (TPSA) is 46.2 Å². The second-order valence-corrected chi connectivity index (χ2v) is 3.80. The highest BCUT2D eigenvalue weighted by Crippen LogP contribution is 2.26. The van der Waals surface area contributed by atoms with Crippen molar-refractivity contribution < 1.29 is 5.11 Å². The zero-order valence-electron chi connectivity index (χ0n) is 7.95. The van der Waals surface area contributed by atoms with Crippen LogP contribution in [-0.2, 0) is 6.54 Å². The number of thioether (sulfide) groups is 1. The molecule has 0 radical (unpaired) electrons. The lowest BCUT2D eigenvalue weighted by Crippen LogP contribution is -2.00. The van der Waals surface area contributed by atoms with Gasteiger partial charge in [0, 0.05) is 11.4 Å². The molecule has 0 aliphatic carbocycles. The highest BCUT2D eigenvalue weighted by molar-refractivity contribution is 7.98. The first-order valence-corrected chi connectivity index (χ1v) is 5.46. The summed E-state index contributed by atoms with van der Waals surface area (Å²) < 4.78 is 0. The average molecular weight is 197 g/mol. The van der Waals surface area contributed by atoms with Crippen LogP contribution in [0, 0.1) is 0 Å². The van der Waals surface area contributed by atoms with Crippen molar-refractivity contribution in [2.24, 2.45) is 5.73 Å². The molecule has 0 spiro atoms. The van der Waals surface area contributed by atoms with Gasteiger partial charge in [0.05, 0.1) is 6.10 Å². The third-order valence-electron chi connectivity index (χ3n) is 1.98. The van der Waals surface area contributed by atoms with Crippen LogP contribution in [0.4, 0.5) is 0 Å². The van der Waals surface area contributed by atoms with Gasteiger partial charge in [-0.25, -0.2) is 0 Å². The molecule has 2 nitrogen and oxygen atoms in total. The molecule has 13 heavy (non-hydrogen) atoms. The number of hydrogen-bond donors (Lipinski definition) is 2. The van der Waals surface area contributed by atoms with Gasteiger partial charge in [-0.3, -0.25) is 0 Å². The Morgan fingerprint density at radius 3 is 2.69 bits per heavy atom. The Hall–Kier alpha value is -0.510. The van der Waals surface area contributed by atoms with E-state index in [1.807, 2.05) is 24.5 Å². The largest absolute Gasteiger partial charge is 0.389 e. The van der Waals surface area contributed by atoms with Crippen molar-refractivity contribution in [1.82, 2.24) is 0 Å². The molecule has 0 aliphatic rings. The monoisotopic (exact) mass is 197 g/mol. The minimum Gasteiger partial charge on any atom is -0.389 e. The summed E-state index contributed by atoms with van der Waals surface area (Å²) in [5, 5.41) is 9.50. The summed E-state index contributed by atoms with van der Waals surface area (Å²) >= 11 is 1.64. The number of aliphatic hydroxyl groups is 1. The van der Waals surface area contributed by atoms with Crippen LogP contribution >= 0.6 is 11.8 Å². The number of aliphatic hydroxyl groups excluding tert-OH is 1. The standard InChI is InChI=1S/C10H15NOS/c1-7(12)9-5-8(6-11)3-4-10(9)13-2/h3-5,7,12H,6,11H2,1-2H3. The normalized spacial score (nSPS) is 12.9. The van der Waals surface area contributed by atoms with Gasteiger partial charge in [-0.1, -0.05) is 12.1 Å². The van der Waals surface area contributed by atoms with Crippen molar-refractivity contribution >= 4 is 11.8 Å². The Morgan fingerprint density at radius 2 is 2.23 bits per heavy atom. The fourth-order valence-electron chi connectivity index (χ4n) is 1.24. The third-order valence-corrected chi connectivity index (χ3v) is 2.79. The molecule has 0 aromatic heterocycles. The van der Waals surface area contributed by atoms with Crippen LogP contribution in [0.5, 0.6) is 0 Å². The second-order valence-electron chi connectivity index (χ2n) is 2.96. The van der Waals surface area contributed by atoms with Gasteiger partial charge in [0.25, 0.3) is 0 Å². The molecule has 1 rings (SSSR count). The van der Waals surface area contributed by atoms with E-state index in [2.05, 4.69) is 0 Å². The molecule has 0 heterocycles. The maximum atomic E-state index is 9.50. The molecule has 3 N–H and O–H groups in total. The molecule has 0 fully saturated rings. The summed E-state index contributed by atoms with van der Waals surface area (Å²) in [6.45, 7) is 2.30. The van der Waals surface area contributed by atoms with Crippen LogP contribution in [0.25, 0.3) is 0 Å². The van der Waals surface area contributed by atoms with Gasteiger partial charge in [0.15, 0.2) is 0 Å². The number of hydrogen-bond acceptors (Lipinski definition) is 3. The predicted molar refractivity (Wildman–Crippen MR) is 56.7 cm³/mol. The third kappa shape index (κ3) is 2.46. The summed E-state index contributed by atoms with van der Waals surface area (Å²) in [7, 11) is 0.